The monoisotopic (exact) mass is 460 g/mol. The first-order chi connectivity index (χ1) is 13.0. The van der Waals surface area contributed by atoms with Gasteiger partial charge in [-0.2, -0.15) is 0 Å². The number of pyridine rings is 1. The van der Waals surface area contributed by atoms with Gasteiger partial charge in [-0.15, -0.1) is 0 Å². The molecule has 7 nitrogen and oxygen atoms in total. The Balaban J connectivity index is 2.32. The van der Waals surface area contributed by atoms with Crippen molar-refractivity contribution in [3.8, 4) is 0 Å². The molecule has 0 unspecified atom stereocenters. The Bertz CT molecular complexity index is 1190. The topological polar surface area (TPSA) is 108 Å². The third kappa shape index (κ3) is 4.33. The van der Waals surface area contributed by atoms with E-state index < -0.39 is 23.9 Å². The molecule has 3 rings (SSSR count). The van der Waals surface area contributed by atoms with Crippen LogP contribution in [0.1, 0.15) is 5.56 Å². The number of nitrogens with zero attached hydrogens (tertiary/aromatic N) is 2. The first-order valence-electron chi connectivity index (χ1n) is 7.87. The van der Waals surface area contributed by atoms with E-state index in [2.05, 4.69) is 4.98 Å². The minimum atomic E-state index is -4.77. The van der Waals surface area contributed by atoms with Crippen LogP contribution in [0.25, 0.3) is 10.9 Å². The van der Waals surface area contributed by atoms with Crippen molar-refractivity contribution in [2.75, 3.05) is 10.6 Å². The van der Waals surface area contributed by atoms with E-state index in [4.69, 9.17) is 23.2 Å². The smallest absolute Gasteiger partial charge is 0.323 e. The predicted octanol–water partition coefficient (Wildman–Crippen LogP) is 4.18. The molecule has 11 heteroatoms. The van der Waals surface area contributed by atoms with Crippen LogP contribution in [0.15, 0.2) is 53.6 Å². The largest absolute Gasteiger partial charge is 0.345 e. The number of hydrogen-bond donors (Lipinski definition) is 2. The van der Waals surface area contributed by atoms with E-state index in [1.165, 1.54) is 24.4 Å². The highest BCUT2D eigenvalue weighted by atomic mass is 35.5. The van der Waals surface area contributed by atoms with Crippen LogP contribution in [0.2, 0.25) is 10.0 Å². The Labute approximate surface area is 171 Å². The van der Waals surface area contributed by atoms with Gasteiger partial charge in [0.2, 0.25) is 0 Å². The average Bonchev–Trinajstić information content (AvgIpc) is 2.58. The van der Waals surface area contributed by atoms with E-state index >= 15 is 0 Å². The average molecular weight is 461 g/mol. The van der Waals surface area contributed by atoms with Crippen LogP contribution in [-0.4, -0.2) is 29.5 Å². The van der Waals surface area contributed by atoms with E-state index in [1.807, 2.05) is 0 Å². The molecule has 1 heterocycles. The zero-order valence-electron chi connectivity index (χ0n) is 14.5. The molecule has 0 bridgehead atoms. The Kier molecular flexibility index (Phi) is 5.74. The van der Waals surface area contributed by atoms with Gasteiger partial charge in [-0.3, -0.25) is 13.9 Å². The van der Waals surface area contributed by atoms with E-state index in [-0.39, 0.29) is 20.6 Å². The number of halogens is 2. The Morgan fingerprint density at radius 1 is 1.11 bits per heavy atom. The molecule has 3 aromatic rings. The summed E-state index contributed by atoms with van der Waals surface area (Å²) in [6, 6.07) is 10.5. The van der Waals surface area contributed by atoms with Crippen LogP contribution in [0, 0.1) is 6.92 Å². The Hall–Kier alpha value is -1.67. The van der Waals surface area contributed by atoms with Gasteiger partial charge in [0.05, 0.1) is 16.1 Å². The van der Waals surface area contributed by atoms with Crippen molar-refractivity contribution in [1.82, 2.24) is 4.98 Å². The summed E-state index contributed by atoms with van der Waals surface area (Å²) >= 11 is 11.9. The summed E-state index contributed by atoms with van der Waals surface area (Å²) in [5, 5.41) is 0.781. The fourth-order valence-corrected chi connectivity index (χ4v) is 6.25. The first kappa shape index (κ1) is 21.0. The maximum Gasteiger partial charge on any atom is 0.345 e. The van der Waals surface area contributed by atoms with Gasteiger partial charge in [-0.25, -0.2) is 8.42 Å². The van der Waals surface area contributed by atoms with Crippen molar-refractivity contribution in [3.05, 3.63) is 64.3 Å². The highest BCUT2D eigenvalue weighted by Gasteiger charge is 2.33. The van der Waals surface area contributed by atoms with Crippen molar-refractivity contribution in [2.45, 2.75) is 11.8 Å². The van der Waals surface area contributed by atoms with Crippen molar-refractivity contribution >= 4 is 57.4 Å². The van der Waals surface area contributed by atoms with E-state index in [9.17, 15) is 22.8 Å². The van der Waals surface area contributed by atoms with Gasteiger partial charge in [0.25, 0.3) is 10.0 Å². The predicted molar refractivity (Wildman–Crippen MR) is 110 cm³/mol. The summed E-state index contributed by atoms with van der Waals surface area (Å²) in [6.07, 6.45) is 0.416. The lowest BCUT2D eigenvalue weighted by Gasteiger charge is -2.27. The molecule has 0 radical (unpaired) electrons. The minimum absolute atomic E-state index is 0.0787. The molecule has 1 aromatic heterocycles. The summed E-state index contributed by atoms with van der Waals surface area (Å²) in [5.41, 5.74) is 0.863. The van der Waals surface area contributed by atoms with Gasteiger partial charge in [0.15, 0.2) is 0 Å². The zero-order chi connectivity index (χ0) is 20.7. The summed E-state index contributed by atoms with van der Waals surface area (Å²) in [5.74, 6) is 0. The van der Waals surface area contributed by atoms with Gasteiger partial charge >= 0.3 is 7.60 Å². The SMILES string of the molecule is Cc1ccc2cccnc2c1N(CP(=O)(O)O)S(=O)(=O)c1cc(Cl)cc(Cl)c1. The summed E-state index contributed by atoms with van der Waals surface area (Å²) in [6.45, 7) is 1.64. The molecular formula is C17H15Cl2N2O5PS. The first-order valence-corrected chi connectivity index (χ1v) is 11.9. The Morgan fingerprint density at radius 2 is 1.75 bits per heavy atom. The van der Waals surface area contributed by atoms with Crippen molar-refractivity contribution < 1.29 is 22.8 Å². The maximum absolute atomic E-state index is 13.3. The zero-order valence-corrected chi connectivity index (χ0v) is 17.7. The van der Waals surface area contributed by atoms with Gasteiger partial charge < -0.3 is 9.79 Å². The Morgan fingerprint density at radius 3 is 2.36 bits per heavy atom. The number of benzene rings is 2. The molecule has 2 aromatic carbocycles. The lowest BCUT2D eigenvalue weighted by molar-refractivity contribution is 0.373. The molecule has 0 aliphatic rings. The van der Waals surface area contributed by atoms with Crippen LogP contribution < -0.4 is 4.31 Å². The normalized spacial score (nSPS) is 12.3. The van der Waals surface area contributed by atoms with Gasteiger partial charge in [-0.05, 0) is 36.8 Å². The van der Waals surface area contributed by atoms with Crippen LogP contribution in [0.3, 0.4) is 0 Å². The number of fused-ring (bicyclic) bond motifs is 1. The van der Waals surface area contributed by atoms with Gasteiger partial charge in [-0.1, -0.05) is 41.4 Å². The fourth-order valence-electron chi connectivity index (χ4n) is 2.78. The molecule has 0 saturated carbocycles. The number of rotatable bonds is 5. The van der Waals surface area contributed by atoms with Crippen molar-refractivity contribution in [2.24, 2.45) is 0 Å². The molecule has 0 aliphatic carbocycles. The second kappa shape index (κ2) is 7.63. The highest BCUT2D eigenvalue weighted by Crippen LogP contribution is 2.42. The molecule has 0 aliphatic heterocycles. The third-order valence-corrected chi connectivity index (χ3v) is 6.94. The van der Waals surface area contributed by atoms with E-state index in [0.717, 1.165) is 0 Å². The van der Waals surface area contributed by atoms with Crippen molar-refractivity contribution in [3.63, 3.8) is 0 Å². The van der Waals surface area contributed by atoms with Crippen LogP contribution in [-0.2, 0) is 14.6 Å². The summed E-state index contributed by atoms with van der Waals surface area (Å²) < 4.78 is 39.2. The molecule has 28 heavy (non-hydrogen) atoms. The van der Waals surface area contributed by atoms with Gasteiger partial charge in [0, 0.05) is 21.6 Å². The summed E-state index contributed by atoms with van der Waals surface area (Å²) in [4.78, 5) is 23.1. The van der Waals surface area contributed by atoms with Crippen LogP contribution in [0.5, 0.6) is 0 Å². The quantitative estimate of drug-likeness (QED) is 0.552. The molecular weight excluding hydrogens is 446 g/mol. The highest BCUT2D eigenvalue weighted by molar-refractivity contribution is 7.93. The van der Waals surface area contributed by atoms with Crippen LogP contribution >= 0.6 is 30.8 Å². The number of anilines is 1. The standard InChI is InChI=1S/C17H15Cl2N2O5PS/c1-11-4-5-12-3-2-6-20-16(12)17(11)21(10-27(22,23)24)28(25,26)15-8-13(18)7-14(19)9-15/h2-9H,10H2,1H3,(H2,22,23,24). The molecule has 2 N–H and O–H groups in total. The van der Waals surface area contributed by atoms with Crippen LogP contribution in [0.4, 0.5) is 5.69 Å². The molecule has 0 saturated heterocycles. The van der Waals surface area contributed by atoms with Crippen molar-refractivity contribution in [1.29, 1.82) is 0 Å². The number of aryl methyl sites for hydroxylation is 1. The molecule has 0 spiro atoms. The minimum Gasteiger partial charge on any atom is -0.323 e. The number of hydrogen-bond acceptors (Lipinski definition) is 4. The molecule has 0 amide bonds. The maximum atomic E-state index is 13.3. The summed E-state index contributed by atoms with van der Waals surface area (Å²) in [7, 11) is -9.19. The second-order valence-corrected chi connectivity index (χ2v) is 10.4. The molecule has 0 atom stereocenters. The second-order valence-electron chi connectivity index (χ2n) is 6.07. The number of aromatic nitrogens is 1. The third-order valence-electron chi connectivity index (χ3n) is 3.94. The number of sulfonamides is 1. The van der Waals surface area contributed by atoms with Gasteiger partial charge in [0.1, 0.15) is 6.29 Å². The van der Waals surface area contributed by atoms with E-state index in [0.29, 0.717) is 20.8 Å². The van der Waals surface area contributed by atoms with E-state index in [1.54, 1.807) is 31.2 Å². The molecule has 0 fully saturated rings. The molecule has 148 valence electrons. The fraction of sp³-hybridized carbons (Fsp3) is 0.118. The lowest BCUT2D eigenvalue weighted by Crippen LogP contribution is -2.33. The lowest BCUT2D eigenvalue weighted by atomic mass is 10.1.